The minimum Gasteiger partial charge on any atom is -0.393 e. The van der Waals surface area contributed by atoms with Crippen LogP contribution in [0.2, 0.25) is 0 Å². The number of hydrogen-bond acceptors (Lipinski definition) is 3. The van der Waals surface area contributed by atoms with E-state index in [-0.39, 0.29) is 28.8 Å². The molecule has 0 aromatic heterocycles. The van der Waals surface area contributed by atoms with E-state index in [1.54, 1.807) is 0 Å². The zero-order chi connectivity index (χ0) is 17.3. The number of aliphatic hydroxyl groups is 3. The van der Waals surface area contributed by atoms with E-state index in [1.807, 2.05) is 6.08 Å². The molecular weight excluding hydrogens is 300 g/mol. The SMILES string of the molecule is C#CC1(O)CC[C@H]2[C@@H]3C(O)C=C4CC(O)CC[C@]4(C)[C@H]3CC[C@@]21C. The molecule has 4 rings (SSSR count). The summed E-state index contributed by atoms with van der Waals surface area (Å²) in [6.07, 6.45) is 13.0. The highest BCUT2D eigenvalue weighted by Gasteiger charge is 2.64. The van der Waals surface area contributed by atoms with Gasteiger partial charge in [-0.15, -0.1) is 6.42 Å². The van der Waals surface area contributed by atoms with Crippen molar-refractivity contribution in [3.63, 3.8) is 0 Å². The van der Waals surface area contributed by atoms with Gasteiger partial charge in [0.05, 0.1) is 12.2 Å². The number of terminal acetylenes is 1. The minimum absolute atomic E-state index is 0.0846. The van der Waals surface area contributed by atoms with Crippen LogP contribution in [0.4, 0.5) is 0 Å². The second-order valence-corrected chi connectivity index (χ2v) is 9.29. The molecule has 0 aromatic rings. The van der Waals surface area contributed by atoms with E-state index in [4.69, 9.17) is 6.42 Å². The summed E-state index contributed by atoms with van der Waals surface area (Å²) in [5.41, 5.74) is 0.0145. The van der Waals surface area contributed by atoms with Gasteiger partial charge in [0, 0.05) is 5.41 Å². The molecule has 3 fully saturated rings. The molecule has 3 heteroatoms. The maximum atomic E-state index is 11.0. The van der Waals surface area contributed by atoms with Crippen LogP contribution in [-0.2, 0) is 0 Å². The van der Waals surface area contributed by atoms with Crippen molar-refractivity contribution in [2.75, 3.05) is 0 Å². The van der Waals surface area contributed by atoms with E-state index in [1.165, 1.54) is 5.57 Å². The molecule has 0 aromatic carbocycles. The summed E-state index contributed by atoms with van der Waals surface area (Å²) in [6.45, 7) is 4.47. The van der Waals surface area contributed by atoms with Gasteiger partial charge in [-0.3, -0.25) is 0 Å². The van der Waals surface area contributed by atoms with Gasteiger partial charge >= 0.3 is 0 Å². The van der Waals surface area contributed by atoms with Crippen molar-refractivity contribution in [1.29, 1.82) is 0 Å². The highest BCUT2D eigenvalue weighted by atomic mass is 16.3. The third kappa shape index (κ3) is 1.91. The fourth-order valence-electron chi connectivity index (χ4n) is 6.88. The van der Waals surface area contributed by atoms with Crippen LogP contribution in [0.1, 0.15) is 58.8 Å². The van der Waals surface area contributed by atoms with E-state index in [9.17, 15) is 15.3 Å². The summed E-state index contributed by atoms with van der Waals surface area (Å²) >= 11 is 0. The molecule has 0 amide bonds. The van der Waals surface area contributed by atoms with Crippen LogP contribution in [-0.4, -0.2) is 33.1 Å². The van der Waals surface area contributed by atoms with Crippen LogP contribution in [0, 0.1) is 40.9 Å². The summed E-state index contributed by atoms with van der Waals surface area (Å²) in [5, 5.41) is 32.0. The van der Waals surface area contributed by atoms with E-state index in [0.717, 1.165) is 32.1 Å². The van der Waals surface area contributed by atoms with Crippen molar-refractivity contribution in [3.05, 3.63) is 11.6 Å². The summed E-state index contributed by atoms with van der Waals surface area (Å²) in [6, 6.07) is 0. The van der Waals surface area contributed by atoms with E-state index >= 15 is 0 Å². The molecule has 132 valence electrons. The van der Waals surface area contributed by atoms with Crippen molar-refractivity contribution in [2.24, 2.45) is 28.6 Å². The smallest absolute Gasteiger partial charge is 0.130 e. The lowest BCUT2D eigenvalue weighted by Crippen LogP contribution is -2.57. The molecule has 3 unspecified atom stereocenters. The van der Waals surface area contributed by atoms with Crippen molar-refractivity contribution >= 4 is 0 Å². The maximum Gasteiger partial charge on any atom is 0.130 e. The lowest BCUT2D eigenvalue weighted by molar-refractivity contribution is -0.123. The van der Waals surface area contributed by atoms with Gasteiger partial charge in [-0.25, -0.2) is 0 Å². The molecule has 24 heavy (non-hydrogen) atoms. The lowest BCUT2D eigenvalue weighted by Gasteiger charge is -2.59. The highest BCUT2D eigenvalue weighted by molar-refractivity contribution is 5.30. The Labute approximate surface area is 145 Å². The van der Waals surface area contributed by atoms with Gasteiger partial charge in [0.2, 0.25) is 0 Å². The standard InChI is InChI=1S/C21H30O3/c1-4-21(24)10-7-16-18-15(6-9-20(16,21)3)19(2)8-5-14(22)11-13(19)12-17(18)23/h1,12,14-18,22-24H,5-11H2,2-3H3/t14?,15-,16-,17?,18+,19-,20-,21?/m0/s1. The molecule has 0 heterocycles. The average Bonchev–Trinajstić information content (AvgIpc) is 2.82. The fourth-order valence-corrected chi connectivity index (χ4v) is 6.88. The molecular formula is C21H30O3. The van der Waals surface area contributed by atoms with Crippen LogP contribution in [0.25, 0.3) is 0 Å². The molecule has 3 nitrogen and oxygen atoms in total. The van der Waals surface area contributed by atoms with E-state index in [2.05, 4.69) is 19.8 Å². The zero-order valence-corrected chi connectivity index (χ0v) is 14.8. The molecule has 0 bridgehead atoms. The van der Waals surface area contributed by atoms with Crippen LogP contribution in [0.3, 0.4) is 0 Å². The first kappa shape index (κ1) is 16.6. The molecule has 0 aliphatic heterocycles. The third-order valence-electron chi connectivity index (χ3n) is 8.49. The van der Waals surface area contributed by atoms with Gasteiger partial charge in [-0.2, -0.15) is 0 Å². The normalized spacial score (nSPS) is 56.5. The second-order valence-electron chi connectivity index (χ2n) is 9.29. The molecule has 4 aliphatic rings. The maximum absolute atomic E-state index is 11.0. The van der Waals surface area contributed by atoms with Crippen LogP contribution in [0.5, 0.6) is 0 Å². The number of hydrogen-bond donors (Lipinski definition) is 3. The largest absolute Gasteiger partial charge is 0.393 e. The van der Waals surface area contributed by atoms with Gasteiger partial charge in [0.15, 0.2) is 0 Å². The quantitative estimate of drug-likeness (QED) is 0.473. The average molecular weight is 330 g/mol. The van der Waals surface area contributed by atoms with Crippen molar-refractivity contribution < 1.29 is 15.3 Å². The third-order valence-corrected chi connectivity index (χ3v) is 8.49. The Kier molecular flexibility index (Phi) is 3.53. The Hall–Kier alpha value is -0.820. The Balaban J connectivity index is 1.75. The first-order chi connectivity index (χ1) is 11.2. The first-order valence-electron chi connectivity index (χ1n) is 9.53. The first-order valence-corrected chi connectivity index (χ1v) is 9.53. The number of fused-ring (bicyclic) bond motifs is 5. The van der Waals surface area contributed by atoms with E-state index < -0.39 is 11.7 Å². The highest BCUT2D eigenvalue weighted by Crippen LogP contribution is 2.66. The molecule has 0 saturated heterocycles. The summed E-state index contributed by atoms with van der Waals surface area (Å²) in [7, 11) is 0. The summed E-state index contributed by atoms with van der Waals surface area (Å²) < 4.78 is 0. The molecule has 3 saturated carbocycles. The van der Waals surface area contributed by atoms with Crippen molar-refractivity contribution in [2.45, 2.75) is 76.6 Å². The molecule has 4 aliphatic carbocycles. The van der Waals surface area contributed by atoms with Crippen LogP contribution >= 0.6 is 0 Å². The second kappa shape index (κ2) is 5.10. The minimum atomic E-state index is -1.03. The van der Waals surface area contributed by atoms with E-state index in [0.29, 0.717) is 18.8 Å². The Morgan fingerprint density at radius 2 is 1.79 bits per heavy atom. The zero-order valence-electron chi connectivity index (χ0n) is 14.8. The molecule has 3 N–H and O–H groups in total. The number of rotatable bonds is 0. The predicted octanol–water partition coefficient (Wildman–Crippen LogP) is 2.65. The van der Waals surface area contributed by atoms with Gasteiger partial charge < -0.3 is 15.3 Å². The van der Waals surface area contributed by atoms with Crippen LogP contribution in [0.15, 0.2) is 11.6 Å². The molecule has 0 radical (unpaired) electrons. The molecule has 8 atom stereocenters. The lowest BCUT2D eigenvalue weighted by atomic mass is 9.46. The Bertz CT molecular complexity index is 619. The van der Waals surface area contributed by atoms with Gasteiger partial charge in [-0.1, -0.05) is 31.4 Å². The number of aliphatic hydroxyl groups excluding tert-OH is 2. The van der Waals surface area contributed by atoms with Gasteiger partial charge in [-0.05, 0) is 68.1 Å². The van der Waals surface area contributed by atoms with Gasteiger partial charge in [0.25, 0.3) is 0 Å². The van der Waals surface area contributed by atoms with Gasteiger partial charge in [0.1, 0.15) is 5.60 Å². The van der Waals surface area contributed by atoms with Crippen molar-refractivity contribution in [3.8, 4) is 12.3 Å². The summed E-state index contributed by atoms with van der Waals surface area (Å²) in [5.74, 6) is 3.56. The van der Waals surface area contributed by atoms with Crippen LogP contribution < -0.4 is 0 Å². The fraction of sp³-hybridized carbons (Fsp3) is 0.810. The van der Waals surface area contributed by atoms with Crippen molar-refractivity contribution in [1.82, 2.24) is 0 Å². The topological polar surface area (TPSA) is 60.7 Å². The monoisotopic (exact) mass is 330 g/mol. The predicted molar refractivity (Wildman–Crippen MR) is 92.9 cm³/mol. The molecule has 0 spiro atoms. The Morgan fingerprint density at radius 1 is 1.08 bits per heavy atom. The summed E-state index contributed by atoms with van der Waals surface area (Å²) in [4.78, 5) is 0. The Morgan fingerprint density at radius 3 is 2.50 bits per heavy atom.